The summed E-state index contributed by atoms with van der Waals surface area (Å²) in [6.07, 6.45) is 1.41. The van der Waals surface area contributed by atoms with Gasteiger partial charge in [-0.1, -0.05) is 42.0 Å². The van der Waals surface area contributed by atoms with Gasteiger partial charge in [-0.3, -0.25) is 19.7 Å². The van der Waals surface area contributed by atoms with Crippen LogP contribution in [-0.2, 0) is 4.79 Å². The van der Waals surface area contributed by atoms with E-state index in [1.807, 2.05) is 19.1 Å². The van der Waals surface area contributed by atoms with Gasteiger partial charge in [-0.15, -0.1) is 0 Å². The van der Waals surface area contributed by atoms with Crippen molar-refractivity contribution in [3.8, 4) is 5.75 Å². The number of carbonyl (C=O) groups excluding carboxylic acids is 2. The van der Waals surface area contributed by atoms with E-state index in [0.717, 1.165) is 5.56 Å². The summed E-state index contributed by atoms with van der Waals surface area (Å²) in [6, 6.07) is 19.5. The van der Waals surface area contributed by atoms with Gasteiger partial charge in [0.05, 0.1) is 29.5 Å². The summed E-state index contributed by atoms with van der Waals surface area (Å²) in [5.41, 5.74) is 3.43. The number of para-hydroxylation sites is 2. The molecule has 0 radical (unpaired) electrons. The van der Waals surface area contributed by atoms with Crippen LogP contribution >= 0.6 is 0 Å². The third-order valence-electron chi connectivity index (χ3n) is 6.57. The number of aryl methyl sites for hydroxylation is 1. The molecule has 2 heterocycles. The molecule has 3 N–H and O–H groups in total. The summed E-state index contributed by atoms with van der Waals surface area (Å²) in [5.74, 6) is -0.0324. The molecule has 1 aromatic heterocycles. The van der Waals surface area contributed by atoms with E-state index in [0.29, 0.717) is 34.2 Å². The van der Waals surface area contributed by atoms with Gasteiger partial charge in [-0.25, -0.2) is 4.68 Å². The Morgan fingerprint density at radius 2 is 1.75 bits per heavy atom. The molecule has 0 aliphatic carbocycles. The Hall–Kier alpha value is -5.45. The van der Waals surface area contributed by atoms with E-state index in [1.54, 1.807) is 55.5 Å². The molecule has 0 fully saturated rings. The average Bonchev–Trinajstić information content (AvgIpc) is 3.37. The van der Waals surface area contributed by atoms with Crippen LogP contribution in [0.1, 0.15) is 34.5 Å². The number of nitro groups is 1. The molecule has 0 saturated heterocycles. The van der Waals surface area contributed by atoms with Crippen molar-refractivity contribution in [2.75, 3.05) is 23.1 Å². The zero-order chi connectivity index (χ0) is 28.4. The third-order valence-corrected chi connectivity index (χ3v) is 6.57. The summed E-state index contributed by atoms with van der Waals surface area (Å²) in [5, 5.41) is 24.9. The third kappa shape index (κ3) is 4.99. The van der Waals surface area contributed by atoms with E-state index < -0.39 is 22.8 Å². The molecule has 1 atom stereocenters. The quantitative estimate of drug-likeness (QED) is 0.215. The van der Waals surface area contributed by atoms with Crippen LogP contribution in [0.4, 0.5) is 22.9 Å². The van der Waals surface area contributed by atoms with Crippen molar-refractivity contribution in [2.45, 2.75) is 19.9 Å². The number of ether oxygens (including phenoxy) is 1. The van der Waals surface area contributed by atoms with E-state index in [1.165, 1.54) is 30.1 Å². The van der Waals surface area contributed by atoms with Crippen LogP contribution in [0.5, 0.6) is 5.75 Å². The number of hydrogen-bond acceptors (Lipinski definition) is 7. The highest BCUT2D eigenvalue weighted by molar-refractivity contribution is 6.09. The fraction of sp³-hybridized carbons (Fsp3) is 0.138. The molecular weight excluding hydrogens is 512 g/mol. The minimum atomic E-state index is -0.869. The predicted molar refractivity (Wildman–Crippen MR) is 151 cm³/mol. The van der Waals surface area contributed by atoms with Crippen molar-refractivity contribution in [1.82, 2.24) is 9.78 Å². The molecule has 0 spiro atoms. The van der Waals surface area contributed by atoms with Gasteiger partial charge >= 0.3 is 0 Å². The molecule has 5 rings (SSSR count). The number of rotatable bonds is 7. The number of allylic oxidation sites excluding steroid dienone is 1. The van der Waals surface area contributed by atoms with Gasteiger partial charge in [0.1, 0.15) is 23.2 Å². The number of benzene rings is 3. The summed E-state index contributed by atoms with van der Waals surface area (Å²) in [7, 11) is 1.50. The maximum atomic E-state index is 13.7. The van der Waals surface area contributed by atoms with E-state index >= 15 is 0 Å². The first kappa shape index (κ1) is 26.2. The fourth-order valence-corrected chi connectivity index (χ4v) is 4.60. The van der Waals surface area contributed by atoms with Crippen molar-refractivity contribution < 1.29 is 19.2 Å². The topological polar surface area (TPSA) is 140 Å². The molecule has 202 valence electrons. The first-order chi connectivity index (χ1) is 19.3. The summed E-state index contributed by atoms with van der Waals surface area (Å²) >= 11 is 0. The lowest BCUT2D eigenvalue weighted by Gasteiger charge is -2.30. The zero-order valence-electron chi connectivity index (χ0n) is 22.0. The van der Waals surface area contributed by atoms with Crippen molar-refractivity contribution in [2.24, 2.45) is 0 Å². The Morgan fingerprint density at radius 3 is 2.48 bits per heavy atom. The highest BCUT2D eigenvalue weighted by Gasteiger charge is 2.36. The molecule has 0 bridgehead atoms. The summed E-state index contributed by atoms with van der Waals surface area (Å²) in [4.78, 5) is 38.1. The van der Waals surface area contributed by atoms with Gasteiger partial charge in [0.25, 0.3) is 17.5 Å². The first-order valence-corrected chi connectivity index (χ1v) is 12.4. The van der Waals surface area contributed by atoms with Gasteiger partial charge in [-0.2, -0.15) is 5.10 Å². The van der Waals surface area contributed by atoms with Crippen LogP contribution in [0.15, 0.2) is 90.3 Å². The Kier molecular flexibility index (Phi) is 7.02. The van der Waals surface area contributed by atoms with Crippen LogP contribution in [0.25, 0.3) is 0 Å². The van der Waals surface area contributed by atoms with Crippen LogP contribution in [0.2, 0.25) is 0 Å². The number of nitro benzene ring substituents is 1. The molecule has 11 heteroatoms. The van der Waals surface area contributed by atoms with Crippen LogP contribution in [0, 0.1) is 17.0 Å². The van der Waals surface area contributed by atoms with E-state index in [4.69, 9.17) is 4.74 Å². The van der Waals surface area contributed by atoms with Crippen molar-refractivity contribution in [1.29, 1.82) is 0 Å². The number of hydrogen-bond donors (Lipinski definition) is 3. The number of fused-ring (bicyclic) bond motifs is 1. The number of non-ortho nitro benzene ring substituents is 1. The smallest absolute Gasteiger partial charge is 0.269 e. The lowest BCUT2D eigenvalue weighted by Crippen LogP contribution is -2.32. The number of aromatic nitrogens is 2. The molecule has 1 aliphatic heterocycles. The summed E-state index contributed by atoms with van der Waals surface area (Å²) < 4.78 is 6.87. The largest absolute Gasteiger partial charge is 0.495 e. The molecule has 0 saturated carbocycles. The number of methoxy groups -OCH3 is 1. The SMILES string of the molecule is COc1ccccc1NC(=O)C1=C(C)Nc2c(C(=O)Nc3ccc(C)cc3)cnn2C1c1cccc([N+](=O)[O-])c1. The molecule has 4 aromatic rings. The van der Waals surface area contributed by atoms with Gasteiger partial charge < -0.3 is 20.7 Å². The number of anilines is 3. The number of nitrogens with one attached hydrogen (secondary N) is 3. The van der Waals surface area contributed by atoms with Gasteiger partial charge in [0.15, 0.2) is 0 Å². The Bertz CT molecular complexity index is 1660. The number of carbonyl (C=O) groups is 2. The van der Waals surface area contributed by atoms with Crippen molar-refractivity contribution in [3.63, 3.8) is 0 Å². The monoisotopic (exact) mass is 538 g/mol. The fourth-order valence-electron chi connectivity index (χ4n) is 4.60. The minimum absolute atomic E-state index is 0.135. The molecule has 1 unspecified atom stereocenters. The zero-order valence-corrected chi connectivity index (χ0v) is 22.0. The van der Waals surface area contributed by atoms with Crippen LogP contribution in [0.3, 0.4) is 0 Å². The number of amides is 2. The highest BCUT2D eigenvalue weighted by atomic mass is 16.6. The molecule has 11 nitrogen and oxygen atoms in total. The summed E-state index contributed by atoms with van der Waals surface area (Å²) in [6.45, 7) is 3.66. The Balaban J connectivity index is 1.57. The van der Waals surface area contributed by atoms with Gasteiger partial charge in [0.2, 0.25) is 0 Å². The maximum Gasteiger partial charge on any atom is 0.269 e. The molecule has 2 amide bonds. The second-order valence-corrected chi connectivity index (χ2v) is 9.24. The molecule has 40 heavy (non-hydrogen) atoms. The molecular formula is C29H26N6O5. The molecule has 1 aliphatic rings. The predicted octanol–water partition coefficient (Wildman–Crippen LogP) is 5.29. The van der Waals surface area contributed by atoms with Crippen molar-refractivity contribution in [3.05, 3.63) is 117 Å². The Labute approximate surface area is 229 Å². The van der Waals surface area contributed by atoms with Gasteiger partial charge in [0, 0.05) is 23.5 Å². The number of nitrogens with zero attached hydrogens (tertiary/aromatic N) is 3. The second kappa shape index (κ2) is 10.7. The molecule has 3 aromatic carbocycles. The minimum Gasteiger partial charge on any atom is -0.495 e. The van der Waals surface area contributed by atoms with E-state index in [-0.39, 0.29) is 16.8 Å². The van der Waals surface area contributed by atoms with Crippen LogP contribution in [-0.4, -0.2) is 33.6 Å². The average molecular weight is 539 g/mol. The standard InChI is InChI=1S/C29H26N6O5/c1-17-11-13-20(14-12-17)32-28(36)22-16-30-34-26(19-7-6-8-21(15-19)35(38)39)25(18(2)31-27(22)34)29(37)33-23-9-4-5-10-24(23)40-3/h4-16,26,31H,1-3H3,(H,32,36)(H,33,37). The van der Waals surface area contributed by atoms with Crippen molar-refractivity contribution >= 4 is 34.7 Å². The van der Waals surface area contributed by atoms with E-state index in [9.17, 15) is 19.7 Å². The normalized spacial score (nSPS) is 14.1. The Morgan fingerprint density at radius 1 is 1.00 bits per heavy atom. The first-order valence-electron chi connectivity index (χ1n) is 12.4. The van der Waals surface area contributed by atoms with E-state index in [2.05, 4.69) is 21.0 Å². The van der Waals surface area contributed by atoms with Gasteiger partial charge in [-0.05, 0) is 43.7 Å². The lowest BCUT2D eigenvalue weighted by atomic mass is 9.94. The second-order valence-electron chi connectivity index (χ2n) is 9.24. The van der Waals surface area contributed by atoms with Crippen LogP contribution < -0.4 is 20.7 Å². The lowest BCUT2D eigenvalue weighted by molar-refractivity contribution is -0.384. The maximum absolute atomic E-state index is 13.7. The highest BCUT2D eigenvalue weighted by Crippen LogP contribution is 2.39.